The highest BCUT2D eigenvalue weighted by Gasteiger charge is 2.24. The highest BCUT2D eigenvalue weighted by Crippen LogP contribution is 2.25. The van der Waals surface area contributed by atoms with Crippen molar-refractivity contribution in [3.05, 3.63) is 0 Å². The highest BCUT2D eigenvalue weighted by molar-refractivity contribution is 7.91. The second-order valence-corrected chi connectivity index (χ2v) is 7.58. The van der Waals surface area contributed by atoms with Crippen LogP contribution in [0, 0.1) is 5.92 Å². The van der Waals surface area contributed by atoms with E-state index in [0.29, 0.717) is 18.8 Å². The Morgan fingerprint density at radius 3 is 2.18 bits per heavy atom. The minimum atomic E-state index is -2.79. The van der Waals surface area contributed by atoms with Gasteiger partial charge in [-0.25, -0.2) is 8.42 Å². The van der Waals surface area contributed by atoms with E-state index < -0.39 is 9.84 Å². The number of rotatable bonds is 2. The summed E-state index contributed by atoms with van der Waals surface area (Å²) in [6, 6.07) is 0.139. The van der Waals surface area contributed by atoms with Crippen LogP contribution in [-0.4, -0.2) is 31.8 Å². The lowest BCUT2D eigenvalue weighted by atomic mass is 9.88. The van der Waals surface area contributed by atoms with Gasteiger partial charge in [0.1, 0.15) is 9.84 Å². The first kappa shape index (κ1) is 12.9. The van der Waals surface area contributed by atoms with Crippen molar-refractivity contribution in [2.24, 2.45) is 16.6 Å². The van der Waals surface area contributed by atoms with Crippen LogP contribution in [0.3, 0.4) is 0 Å². The lowest BCUT2D eigenvalue weighted by Gasteiger charge is -2.24. The van der Waals surface area contributed by atoms with Crippen LogP contribution in [0.5, 0.6) is 0 Å². The van der Waals surface area contributed by atoms with Gasteiger partial charge in [-0.1, -0.05) is 19.3 Å². The molecule has 2 fully saturated rings. The fourth-order valence-corrected chi connectivity index (χ4v) is 4.19. The number of nitrogens with two attached hydrogens (primary N) is 1. The molecule has 1 aliphatic carbocycles. The van der Waals surface area contributed by atoms with E-state index in [1.54, 1.807) is 0 Å². The van der Waals surface area contributed by atoms with Crippen molar-refractivity contribution < 1.29 is 8.42 Å². The molecule has 2 rings (SSSR count). The molecule has 0 radical (unpaired) electrons. The van der Waals surface area contributed by atoms with E-state index in [2.05, 4.69) is 4.99 Å². The number of sulfone groups is 1. The van der Waals surface area contributed by atoms with Crippen molar-refractivity contribution in [1.82, 2.24) is 0 Å². The Labute approximate surface area is 104 Å². The zero-order valence-electron chi connectivity index (χ0n) is 10.3. The summed E-state index contributed by atoms with van der Waals surface area (Å²) in [5.74, 6) is 1.77. The van der Waals surface area contributed by atoms with Crippen LogP contribution in [0.2, 0.25) is 0 Å². The van der Waals surface area contributed by atoms with Gasteiger partial charge in [0.2, 0.25) is 0 Å². The van der Waals surface area contributed by atoms with Crippen LogP contribution >= 0.6 is 0 Å². The molecule has 0 atom stereocenters. The van der Waals surface area contributed by atoms with Crippen molar-refractivity contribution in [1.29, 1.82) is 0 Å². The molecule has 0 aromatic rings. The van der Waals surface area contributed by atoms with Gasteiger partial charge in [0.15, 0.2) is 0 Å². The van der Waals surface area contributed by atoms with Crippen molar-refractivity contribution in [2.75, 3.05) is 11.5 Å². The third-order valence-electron chi connectivity index (χ3n) is 3.88. The normalized spacial score (nSPS) is 28.1. The molecule has 0 amide bonds. The Kier molecular flexibility index (Phi) is 4.07. The molecule has 2 aliphatic rings. The summed E-state index contributed by atoms with van der Waals surface area (Å²) in [4.78, 5) is 4.56. The monoisotopic (exact) mass is 258 g/mol. The minimum Gasteiger partial charge on any atom is -0.387 e. The standard InChI is InChI=1S/C12H22N2O2S/c13-12(10-4-2-1-3-5-10)14-11-6-8-17(15,16)9-7-11/h10-11H,1-9H2,(H2,13,14). The van der Waals surface area contributed by atoms with E-state index in [0.717, 1.165) is 18.7 Å². The van der Waals surface area contributed by atoms with Crippen LogP contribution in [0.1, 0.15) is 44.9 Å². The predicted molar refractivity (Wildman–Crippen MR) is 69.9 cm³/mol. The first-order valence-corrected chi connectivity index (χ1v) is 8.42. The lowest BCUT2D eigenvalue weighted by Crippen LogP contribution is -2.31. The van der Waals surface area contributed by atoms with E-state index in [9.17, 15) is 8.42 Å². The lowest BCUT2D eigenvalue weighted by molar-refractivity contribution is 0.434. The number of nitrogens with zero attached hydrogens (tertiary/aromatic N) is 1. The Balaban J connectivity index is 1.90. The molecule has 0 bridgehead atoms. The Bertz CT molecular complexity index is 369. The fraction of sp³-hybridized carbons (Fsp3) is 0.917. The zero-order valence-corrected chi connectivity index (χ0v) is 11.1. The summed E-state index contributed by atoms with van der Waals surface area (Å²) in [5.41, 5.74) is 6.05. The highest BCUT2D eigenvalue weighted by atomic mass is 32.2. The van der Waals surface area contributed by atoms with Crippen LogP contribution in [0.25, 0.3) is 0 Å². The molecular formula is C12H22N2O2S. The molecule has 1 saturated heterocycles. The van der Waals surface area contributed by atoms with Gasteiger partial charge in [-0.15, -0.1) is 0 Å². The van der Waals surface area contributed by atoms with E-state index in [-0.39, 0.29) is 17.5 Å². The van der Waals surface area contributed by atoms with Crippen LogP contribution in [0.4, 0.5) is 0 Å². The molecule has 0 spiro atoms. The molecule has 4 nitrogen and oxygen atoms in total. The van der Waals surface area contributed by atoms with E-state index in [4.69, 9.17) is 5.73 Å². The van der Waals surface area contributed by atoms with Crippen LogP contribution in [0.15, 0.2) is 4.99 Å². The molecule has 0 aromatic carbocycles. The van der Waals surface area contributed by atoms with Crippen molar-refractivity contribution in [2.45, 2.75) is 51.0 Å². The molecule has 17 heavy (non-hydrogen) atoms. The Hall–Kier alpha value is -0.580. The first-order chi connectivity index (χ1) is 8.07. The summed E-state index contributed by atoms with van der Waals surface area (Å²) in [5, 5.41) is 0. The number of hydrogen-bond acceptors (Lipinski definition) is 3. The maximum atomic E-state index is 11.3. The van der Waals surface area contributed by atoms with Crippen molar-refractivity contribution >= 4 is 15.7 Å². The van der Waals surface area contributed by atoms with Gasteiger partial charge in [-0.05, 0) is 25.7 Å². The van der Waals surface area contributed by atoms with Gasteiger partial charge in [0, 0.05) is 5.92 Å². The number of amidine groups is 1. The predicted octanol–water partition coefficient (Wildman–Crippen LogP) is 1.50. The minimum absolute atomic E-state index is 0.139. The SMILES string of the molecule is NC(=NC1CCS(=O)(=O)CC1)C1CCCCC1. The Morgan fingerprint density at radius 2 is 1.59 bits per heavy atom. The fourth-order valence-electron chi connectivity index (χ4n) is 2.72. The molecule has 1 saturated carbocycles. The quantitative estimate of drug-likeness (QED) is 0.602. The summed E-state index contributed by atoms with van der Waals surface area (Å²) in [6.45, 7) is 0. The maximum absolute atomic E-state index is 11.3. The molecule has 0 unspecified atom stereocenters. The van der Waals surface area contributed by atoms with Gasteiger partial charge in [0.05, 0.1) is 23.4 Å². The van der Waals surface area contributed by atoms with Crippen LogP contribution < -0.4 is 5.73 Å². The smallest absolute Gasteiger partial charge is 0.150 e. The van der Waals surface area contributed by atoms with E-state index >= 15 is 0 Å². The molecule has 0 aromatic heterocycles. The molecular weight excluding hydrogens is 236 g/mol. The van der Waals surface area contributed by atoms with Gasteiger partial charge < -0.3 is 5.73 Å². The summed E-state index contributed by atoms with van der Waals surface area (Å²) in [7, 11) is -2.79. The van der Waals surface area contributed by atoms with Gasteiger partial charge >= 0.3 is 0 Å². The number of aliphatic imine (C=N–C) groups is 1. The zero-order chi connectivity index (χ0) is 12.3. The molecule has 5 heteroatoms. The molecule has 98 valence electrons. The molecule has 2 N–H and O–H groups in total. The summed E-state index contributed by atoms with van der Waals surface area (Å²) in [6.07, 6.45) is 7.41. The van der Waals surface area contributed by atoms with Gasteiger partial charge in [0.25, 0.3) is 0 Å². The van der Waals surface area contributed by atoms with Crippen LogP contribution in [-0.2, 0) is 9.84 Å². The Morgan fingerprint density at radius 1 is 1.00 bits per heavy atom. The topological polar surface area (TPSA) is 72.5 Å². The van der Waals surface area contributed by atoms with Gasteiger partial charge in [-0.2, -0.15) is 0 Å². The van der Waals surface area contributed by atoms with Crippen molar-refractivity contribution in [3.8, 4) is 0 Å². The molecule has 1 aliphatic heterocycles. The van der Waals surface area contributed by atoms with Crippen molar-refractivity contribution in [3.63, 3.8) is 0 Å². The average Bonchev–Trinajstić information content (AvgIpc) is 2.33. The second-order valence-electron chi connectivity index (χ2n) is 5.27. The van der Waals surface area contributed by atoms with E-state index in [1.165, 1.54) is 19.3 Å². The third kappa shape index (κ3) is 3.69. The third-order valence-corrected chi connectivity index (χ3v) is 5.59. The largest absolute Gasteiger partial charge is 0.387 e. The molecule has 1 heterocycles. The van der Waals surface area contributed by atoms with Gasteiger partial charge in [-0.3, -0.25) is 4.99 Å². The summed E-state index contributed by atoms with van der Waals surface area (Å²) >= 11 is 0. The second kappa shape index (κ2) is 5.38. The maximum Gasteiger partial charge on any atom is 0.150 e. The average molecular weight is 258 g/mol. The number of hydrogen-bond donors (Lipinski definition) is 1. The van der Waals surface area contributed by atoms with E-state index in [1.807, 2.05) is 0 Å². The summed E-state index contributed by atoms with van der Waals surface area (Å²) < 4.78 is 22.6. The first-order valence-electron chi connectivity index (χ1n) is 6.60.